The number of hydrogen-bond donors (Lipinski definition) is 1. The van der Waals surface area contributed by atoms with E-state index in [1.807, 2.05) is 36.4 Å². The van der Waals surface area contributed by atoms with Crippen LogP contribution in [0.5, 0.6) is 5.75 Å². The number of fused-ring (bicyclic) bond motifs is 1. The van der Waals surface area contributed by atoms with E-state index in [0.717, 1.165) is 54.9 Å². The van der Waals surface area contributed by atoms with Crippen LogP contribution in [0.3, 0.4) is 0 Å². The standard InChI is InChI=1S/C20H22N2O4/c23-19-13-17(20(24)21-19)15-5-6-18(16-4-2-1-3-14(15)16)26-12-9-22-7-10-25-11-8-22/h1-6,17H,7-13H2,(H,21,23,24). The highest BCUT2D eigenvalue weighted by Crippen LogP contribution is 2.35. The second-order valence-corrected chi connectivity index (χ2v) is 6.67. The van der Waals surface area contributed by atoms with Crippen molar-refractivity contribution in [2.45, 2.75) is 12.3 Å². The highest BCUT2D eigenvalue weighted by atomic mass is 16.5. The van der Waals surface area contributed by atoms with E-state index in [-0.39, 0.29) is 18.2 Å². The number of morpholine rings is 1. The van der Waals surface area contributed by atoms with Crippen molar-refractivity contribution >= 4 is 22.6 Å². The van der Waals surface area contributed by atoms with Gasteiger partial charge in [-0.15, -0.1) is 0 Å². The summed E-state index contributed by atoms with van der Waals surface area (Å²) >= 11 is 0. The Kier molecular flexibility index (Phi) is 4.86. The highest BCUT2D eigenvalue weighted by molar-refractivity contribution is 6.08. The molecule has 0 saturated carbocycles. The Labute approximate surface area is 152 Å². The van der Waals surface area contributed by atoms with E-state index in [2.05, 4.69) is 10.2 Å². The molecule has 136 valence electrons. The van der Waals surface area contributed by atoms with Crippen LogP contribution < -0.4 is 10.1 Å². The average molecular weight is 354 g/mol. The van der Waals surface area contributed by atoms with Gasteiger partial charge < -0.3 is 9.47 Å². The Morgan fingerprint density at radius 1 is 1.08 bits per heavy atom. The summed E-state index contributed by atoms with van der Waals surface area (Å²) in [7, 11) is 0. The molecule has 1 N–H and O–H groups in total. The Morgan fingerprint density at radius 2 is 1.85 bits per heavy atom. The summed E-state index contributed by atoms with van der Waals surface area (Å²) in [6.45, 7) is 4.89. The molecule has 2 heterocycles. The topological polar surface area (TPSA) is 67.9 Å². The van der Waals surface area contributed by atoms with Gasteiger partial charge in [-0.05, 0) is 17.0 Å². The van der Waals surface area contributed by atoms with Crippen molar-refractivity contribution in [3.63, 3.8) is 0 Å². The van der Waals surface area contributed by atoms with Crippen LogP contribution in [0.25, 0.3) is 10.8 Å². The SMILES string of the molecule is O=C1CC(c2ccc(OCCN3CCOCC3)c3ccccc23)C(=O)N1. The summed E-state index contributed by atoms with van der Waals surface area (Å²) in [5.41, 5.74) is 0.879. The number of carbonyl (C=O) groups is 2. The van der Waals surface area contributed by atoms with Crippen molar-refractivity contribution in [2.75, 3.05) is 39.5 Å². The smallest absolute Gasteiger partial charge is 0.234 e. The van der Waals surface area contributed by atoms with Gasteiger partial charge in [0.05, 0.1) is 19.1 Å². The van der Waals surface area contributed by atoms with Gasteiger partial charge >= 0.3 is 0 Å². The lowest BCUT2D eigenvalue weighted by molar-refractivity contribution is -0.125. The fraction of sp³-hybridized carbons (Fsp3) is 0.400. The minimum absolute atomic E-state index is 0.208. The molecule has 1 atom stereocenters. The van der Waals surface area contributed by atoms with E-state index >= 15 is 0 Å². The second kappa shape index (κ2) is 7.43. The summed E-state index contributed by atoms with van der Waals surface area (Å²) in [6, 6.07) is 11.7. The molecule has 0 aliphatic carbocycles. The lowest BCUT2D eigenvalue weighted by atomic mass is 9.92. The molecule has 2 amide bonds. The first-order chi connectivity index (χ1) is 12.7. The van der Waals surface area contributed by atoms with Crippen LogP contribution in [0.2, 0.25) is 0 Å². The summed E-state index contributed by atoms with van der Waals surface area (Å²) < 4.78 is 11.4. The van der Waals surface area contributed by atoms with E-state index < -0.39 is 5.92 Å². The van der Waals surface area contributed by atoms with Crippen LogP contribution in [0.1, 0.15) is 17.9 Å². The van der Waals surface area contributed by atoms with Crippen molar-refractivity contribution in [3.05, 3.63) is 42.0 Å². The number of amides is 2. The Balaban J connectivity index is 1.54. The summed E-state index contributed by atoms with van der Waals surface area (Å²) in [4.78, 5) is 26.0. The van der Waals surface area contributed by atoms with Gasteiger partial charge in [0.2, 0.25) is 11.8 Å². The number of nitrogens with one attached hydrogen (secondary N) is 1. The van der Waals surface area contributed by atoms with E-state index in [4.69, 9.17) is 9.47 Å². The van der Waals surface area contributed by atoms with Gasteiger partial charge in [0.15, 0.2) is 0 Å². The molecule has 2 aromatic carbocycles. The minimum atomic E-state index is -0.421. The van der Waals surface area contributed by atoms with Crippen molar-refractivity contribution in [2.24, 2.45) is 0 Å². The molecule has 0 bridgehead atoms. The van der Waals surface area contributed by atoms with E-state index in [9.17, 15) is 9.59 Å². The lowest BCUT2D eigenvalue weighted by Crippen LogP contribution is -2.38. The van der Waals surface area contributed by atoms with Crippen molar-refractivity contribution in [1.29, 1.82) is 0 Å². The number of benzene rings is 2. The molecule has 2 aliphatic heterocycles. The van der Waals surface area contributed by atoms with E-state index in [1.54, 1.807) is 0 Å². The van der Waals surface area contributed by atoms with E-state index in [1.165, 1.54) is 0 Å². The molecular formula is C20H22N2O4. The molecule has 6 heteroatoms. The van der Waals surface area contributed by atoms with Gasteiger partial charge in [-0.25, -0.2) is 0 Å². The van der Waals surface area contributed by atoms with E-state index in [0.29, 0.717) is 6.61 Å². The lowest BCUT2D eigenvalue weighted by Gasteiger charge is -2.26. The monoisotopic (exact) mass is 354 g/mol. The molecule has 2 aromatic rings. The molecule has 2 saturated heterocycles. The van der Waals surface area contributed by atoms with Crippen molar-refractivity contribution in [3.8, 4) is 5.75 Å². The molecule has 0 aromatic heterocycles. The molecule has 2 aliphatic rings. The van der Waals surface area contributed by atoms with Crippen LogP contribution in [-0.4, -0.2) is 56.2 Å². The Morgan fingerprint density at radius 3 is 2.58 bits per heavy atom. The Bertz CT molecular complexity index is 830. The molecule has 1 unspecified atom stereocenters. The molecule has 26 heavy (non-hydrogen) atoms. The maximum Gasteiger partial charge on any atom is 0.234 e. The number of rotatable bonds is 5. The minimum Gasteiger partial charge on any atom is -0.492 e. The second-order valence-electron chi connectivity index (χ2n) is 6.67. The summed E-state index contributed by atoms with van der Waals surface area (Å²) in [6.07, 6.45) is 0.208. The molecule has 2 fully saturated rings. The number of imide groups is 1. The zero-order valence-electron chi connectivity index (χ0n) is 14.6. The van der Waals surface area contributed by atoms with Crippen LogP contribution in [-0.2, 0) is 14.3 Å². The largest absolute Gasteiger partial charge is 0.492 e. The third-order valence-electron chi connectivity index (χ3n) is 5.03. The molecule has 6 nitrogen and oxygen atoms in total. The van der Waals surface area contributed by atoms with Gasteiger partial charge in [-0.1, -0.05) is 30.3 Å². The zero-order chi connectivity index (χ0) is 17.9. The predicted molar refractivity (Wildman–Crippen MR) is 97.2 cm³/mol. The Hall–Kier alpha value is -2.44. The fourth-order valence-electron chi connectivity index (χ4n) is 3.64. The van der Waals surface area contributed by atoms with Crippen LogP contribution in [0.15, 0.2) is 36.4 Å². The van der Waals surface area contributed by atoms with Gasteiger partial charge in [-0.2, -0.15) is 0 Å². The average Bonchev–Trinajstić information content (AvgIpc) is 3.00. The normalized spacial score (nSPS) is 21.2. The number of hydrogen-bond acceptors (Lipinski definition) is 5. The molecular weight excluding hydrogens is 332 g/mol. The van der Waals surface area contributed by atoms with Gasteiger partial charge in [0.1, 0.15) is 12.4 Å². The first-order valence-electron chi connectivity index (χ1n) is 9.00. The number of nitrogens with zero attached hydrogens (tertiary/aromatic N) is 1. The van der Waals surface area contributed by atoms with Gasteiger partial charge in [0, 0.05) is 31.4 Å². The molecule has 4 rings (SSSR count). The third kappa shape index (κ3) is 3.43. The van der Waals surface area contributed by atoms with Crippen LogP contribution >= 0.6 is 0 Å². The third-order valence-corrected chi connectivity index (χ3v) is 5.03. The van der Waals surface area contributed by atoms with Crippen LogP contribution in [0.4, 0.5) is 0 Å². The molecule has 0 spiro atoms. The summed E-state index contributed by atoms with van der Waals surface area (Å²) in [5.74, 6) is -0.0480. The molecule has 0 radical (unpaired) electrons. The quantitative estimate of drug-likeness (QED) is 0.828. The predicted octanol–water partition coefficient (Wildman–Crippen LogP) is 1.68. The van der Waals surface area contributed by atoms with Crippen molar-refractivity contribution in [1.82, 2.24) is 10.2 Å². The number of carbonyl (C=O) groups excluding carboxylic acids is 2. The zero-order valence-corrected chi connectivity index (χ0v) is 14.6. The number of ether oxygens (including phenoxy) is 2. The first-order valence-corrected chi connectivity index (χ1v) is 9.00. The maximum atomic E-state index is 12.1. The maximum absolute atomic E-state index is 12.1. The fourth-order valence-corrected chi connectivity index (χ4v) is 3.64. The summed E-state index contributed by atoms with van der Waals surface area (Å²) in [5, 5.41) is 4.33. The van der Waals surface area contributed by atoms with Crippen molar-refractivity contribution < 1.29 is 19.1 Å². The first kappa shape index (κ1) is 17.0. The van der Waals surface area contributed by atoms with Crippen LogP contribution in [0, 0.1) is 0 Å². The highest BCUT2D eigenvalue weighted by Gasteiger charge is 2.33. The van der Waals surface area contributed by atoms with Gasteiger partial charge in [-0.3, -0.25) is 19.8 Å². The van der Waals surface area contributed by atoms with Gasteiger partial charge in [0.25, 0.3) is 0 Å².